The molecule has 1 fully saturated rings. The molecule has 2 amide bonds. The van der Waals surface area contributed by atoms with Gasteiger partial charge in [-0.1, -0.05) is 0 Å². The Bertz CT molecular complexity index is 816. The molecule has 1 aliphatic rings. The summed E-state index contributed by atoms with van der Waals surface area (Å²) in [5.41, 5.74) is 1.71. The van der Waals surface area contributed by atoms with E-state index in [1.807, 2.05) is 0 Å². The van der Waals surface area contributed by atoms with E-state index < -0.39 is 5.92 Å². The monoisotopic (exact) mass is 340 g/mol. The van der Waals surface area contributed by atoms with Crippen LogP contribution in [0, 0.1) is 11.7 Å². The summed E-state index contributed by atoms with van der Waals surface area (Å²) >= 11 is 0. The summed E-state index contributed by atoms with van der Waals surface area (Å²) < 4.78 is 13.0. The fourth-order valence-electron chi connectivity index (χ4n) is 2.79. The number of carbonyl (C=O) groups excluding carboxylic acids is 3. The zero-order valence-corrected chi connectivity index (χ0v) is 13.7. The summed E-state index contributed by atoms with van der Waals surface area (Å²) in [7, 11) is 0. The molecule has 2 aromatic rings. The first-order chi connectivity index (χ1) is 11.9. The van der Waals surface area contributed by atoms with Gasteiger partial charge in [0.25, 0.3) is 0 Å². The SMILES string of the molecule is CC(=O)c1ccc(NC(=O)[C@@H]2CC(=O)N(c3ccc(F)cc3)C2)cc1. The number of Topliss-reactive ketones (excluding diaryl/α,β-unsaturated/α-hetero) is 1. The highest BCUT2D eigenvalue weighted by atomic mass is 19.1. The van der Waals surface area contributed by atoms with Crippen LogP contribution in [0.3, 0.4) is 0 Å². The Kier molecular flexibility index (Phi) is 4.61. The van der Waals surface area contributed by atoms with Crippen LogP contribution in [0.4, 0.5) is 15.8 Å². The molecule has 25 heavy (non-hydrogen) atoms. The van der Waals surface area contributed by atoms with Crippen molar-refractivity contribution >= 4 is 29.0 Å². The molecule has 0 unspecified atom stereocenters. The number of nitrogens with zero attached hydrogens (tertiary/aromatic N) is 1. The Morgan fingerprint density at radius 1 is 1.08 bits per heavy atom. The van der Waals surface area contributed by atoms with Crippen molar-refractivity contribution in [1.29, 1.82) is 0 Å². The highest BCUT2D eigenvalue weighted by Crippen LogP contribution is 2.26. The van der Waals surface area contributed by atoms with Gasteiger partial charge in [-0.25, -0.2) is 4.39 Å². The largest absolute Gasteiger partial charge is 0.326 e. The van der Waals surface area contributed by atoms with Crippen molar-refractivity contribution in [2.45, 2.75) is 13.3 Å². The van der Waals surface area contributed by atoms with Crippen LogP contribution in [0.15, 0.2) is 48.5 Å². The lowest BCUT2D eigenvalue weighted by Crippen LogP contribution is -2.28. The molecule has 5 nitrogen and oxygen atoms in total. The van der Waals surface area contributed by atoms with E-state index >= 15 is 0 Å². The molecule has 128 valence electrons. The predicted molar refractivity (Wildman–Crippen MR) is 91.9 cm³/mol. The van der Waals surface area contributed by atoms with Crippen molar-refractivity contribution in [2.75, 3.05) is 16.8 Å². The van der Waals surface area contributed by atoms with Crippen molar-refractivity contribution in [3.63, 3.8) is 0 Å². The maximum atomic E-state index is 13.0. The van der Waals surface area contributed by atoms with E-state index in [0.29, 0.717) is 16.9 Å². The van der Waals surface area contributed by atoms with Crippen molar-refractivity contribution in [1.82, 2.24) is 0 Å². The van der Waals surface area contributed by atoms with Crippen LogP contribution < -0.4 is 10.2 Å². The molecule has 6 heteroatoms. The lowest BCUT2D eigenvalue weighted by atomic mass is 10.1. The first-order valence-electron chi connectivity index (χ1n) is 7.92. The second-order valence-corrected chi connectivity index (χ2v) is 6.00. The Balaban J connectivity index is 1.66. The van der Waals surface area contributed by atoms with Gasteiger partial charge in [-0.05, 0) is 55.5 Å². The molecule has 0 saturated carbocycles. The van der Waals surface area contributed by atoms with Crippen LogP contribution in [-0.2, 0) is 9.59 Å². The number of nitrogens with one attached hydrogen (secondary N) is 1. The zero-order valence-electron chi connectivity index (χ0n) is 13.7. The van der Waals surface area contributed by atoms with Gasteiger partial charge in [-0.3, -0.25) is 14.4 Å². The molecule has 0 aliphatic carbocycles. The fourth-order valence-corrected chi connectivity index (χ4v) is 2.79. The van der Waals surface area contributed by atoms with Crippen molar-refractivity contribution < 1.29 is 18.8 Å². The molecular formula is C19H17FN2O3. The quantitative estimate of drug-likeness (QED) is 0.870. The minimum Gasteiger partial charge on any atom is -0.326 e. The summed E-state index contributed by atoms with van der Waals surface area (Å²) in [5.74, 6) is -1.33. The van der Waals surface area contributed by atoms with Gasteiger partial charge < -0.3 is 10.2 Å². The summed E-state index contributed by atoms with van der Waals surface area (Å²) in [4.78, 5) is 37.3. The summed E-state index contributed by atoms with van der Waals surface area (Å²) in [6.07, 6.45) is 0.106. The van der Waals surface area contributed by atoms with E-state index in [4.69, 9.17) is 0 Å². The van der Waals surface area contributed by atoms with Gasteiger partial charge in [0.15, 0.2) is 5.78 Å². The van der Waals surface area contributed by atoms with E-state index in [0.717, 1.165) is 0 Å². The highest BCUT2D eigenvalue weighted by molar-refractivity contribution is 6.03. The van der Waals surface area contributed by atoms with Gasteiger partial charge in [0.05, 0.1) is 5.92 Å². The first-order valence-corrected chi connectivity index (χ1v) is 7.92. The number of ketones is 1. The van der Waals surface area contributed by atoms with E-state index in [1.54, 1.807) is 24.3 Å². The van der Waals surface area contributed by atoms with Crippen LogP contribution in [0.2, 0.25) is 0 Å². The Labute approximate surface area is 144 Å². The van der Waals surface area contributed by atoms with Crippen molar-refractivity contribution in [3.05, 3.63) is 59.9 Å². The third kappa shape index (κ3) is 3.74. The molecular weight excluding hydrogens is 323 g/mol. The van der Waals surface area contributed by atoms with Crippen LogP contribution in [0.25, 0.3) is 0 Å². The van der Waals surface area contributed by atoms with Crippen molar-refractivity contribution in [2.24, 2.45) is 5.92 Å². The molecule has 0 spiro atoms. The molecule has 3 rings (SSSR count). The molecule has 1 N–H and O–H groups in total. The lowest BCUT2D eigenvalue weighted by Gasteiger charge is -2.16. The molecule has 1 atom stereocenters. The van der Waals surface area contributed by atoms with Crippen LogP contribution in [-0.4, -0.2) is 24.1 Å². The second-order valence-electron chi connectivity index (χ2n) is 6.00. The van der Waals surface area contributed by atoms with Gasteiger partial charge in [0.2, 0.25) is 11.8 Å². The molecule has 2 aromatic carbocycles. The smallest absolute Gasteiger partial charge is 0.229 e. The number of hydrogen-bond acceptors (Lipinski definition) is 3. The number of hydrogen-bond donors (Lipinski definition) is 1. The van der Waals surface area contributed by atoms with Crippen LogP contribution in [0.5, 0.6) is 0 Å². The van der Waals surface area contributed by atoms with Crippen LogP contribution in [0.1, 0.15) is 23.7 Å². The van der Waals surface area contributed by atoms with E-state index in [9.17, 15) is 18.8 Å². The zero-order chi connectivity index (χ0) is 18.0. The third-order valence-electron chi connectivity index (χ3n) is 4.19. The normalized spacial score (nSPS) is 16.8. The van der Waals surface area contributed by atoms with Gasteiger partial charge in [-0.2, -0.15) is 0 Å². The van der Waals surface area contributed by atoms with E-state index in [-0.39, 0.29) is 36.4 Å². The van der Waals surface area contributed by atoms with Gasteiger partial charge in [-0.15, -0.1) is 0 Å². The molecule has 1 aliphatic heterocycles. The lowest BCUT2D eigenvalue weighted by molar-refractivity contribution is -0.122. The minimum absolute atomic E-state index is 0.0470. The van der Waals surface area contributed by atoms with Gasteiger partial charge in [0.1, 0.15) is 5.82 Å². The average molecular weight is 340 g/mol. The van der Waals surface area contributed by atoms with E-state index in [2.05, 4.69) is 5.32 Å². The summed E-state index contributed by atoms with van der Waals surface area (Å²) in [5, 5.41) is 2.76. The Morgan fingerprint density at radius 3 is 2.32 bits per heavy atom. The highest BCUT2D eigenvalue weighted by Gasteiger charge is 2.35. The summed E-state index contributed by atoms with van der Waals surface area (Å²) in [6, 6.07) is 12.2. The molecule has 0 bridgehead atoms. The molecule has 1 saturated heterocycles. The average Bonchev–Trinajstić information content (AvgIpc) is 2.98. The Hall–Kier alpha value is -3.02. The predicted octanol–water partition coefficient (Wildman–Crippen LogP) is 3.02. The van der Waals surface area contributed by atoms with Crippen molar-refractivity contribution in [3.8, 4) is 0 Å². The van der Waals surface area contributed by atoms with E-state index in [1.165, 1.54) is 36.1 Å². The Morgan fingerprint density at radius 2 is 1.72 bits per heavy atom. The number of carbonyl (C=O) groups is 3. The third-order valence-corrected chi connectivity index (χ3v) is 4.19. The molecule has 0 aromatic heterocycles. The number of halogens is 1. The summed E-state index contributed by atoms with van der Waals surface area (Å²) in [6.45, 7) is 1.73. The maximum absolute atomic E-state index is 13.0. The number of rotatable bonds is 4. The maximum Gasteiger partial charge on any atom is 0.229 e. The van der Waals surface area contributed by atoms with Gasteiger partial charge >= 0.3 is 0 Å². The van der Waals surface area contributed by atoms with Gasteiger partial charge in [0, 0.05) is 29.9 Å². The number of benzene rings is 2. The minimum atomic E-state index is -0.481. The standard InChI is InChI=1S/C19H17FN2O3/c1-12(23)13-2-6-16(7-3-13)21-19(25)14-10-18(24)22(11-14)17-8-4-15(20)5-9-17/h2-9,14H,10-11H2,1H3,(H,21,25)/t14-/m1/s1. The number of amides is 2. The molecule has 1 heterocycles. The molecule has 0 radical (unpaired) electrons. The first kappa shape index (κ1) is 16.8. The fraction of sp³-hybridized carbons (Fsp3) is 0.211. The second kappa shape index (κ2) is 6.84. The number of anilines is 2. The topological polar surface area (TPSA) is 66.5 Å². The van der Waals surface area contributed by atoms with Crippen LogP contribution >= 0.6 is 0 Å².